The molecule has 1 heterocycles. The Bertz CT molecular complexity index is 482. The number of alkyl carbamates (subject to hydrolysis) is 1. The number of ether oxygens (including phenoxy) is 1. The molecule has 0 spiro atoms. The minimum atomic E-state index is -0.441. The first-order chi connectivity index (χ1) is 10.9. The van der Waals surface area contributed by atoms with Gasteiger partial charge in [0.15, 0.2) is 0 Å². The first kappa shape index (κ1) is 18.3. The molecule has 1 aliphatic carbocycles. The van der Waals surface area contributed by atoms with E-state index in [1.807, 2.05) is 32.1 Å². The lowest BCUT2D eigenvalue weighted by molar-refractivity contribution is 0.0517. The molecule has 1 saturated carbocycles. The van der Waals surface area contributed by atoms with E-state index in [1.54, 1.807) is 0 Å². The third-order valence-corrected chi connectivity index (χ3v) is 5.26. The zero-order valence-corrected chi connectivity index (χ0v) is 15.5. The monoisotopic (exact) mass is 338 g/mol. The van der Waals surface area contributed by atoms with Gasteiger partial charge < -0.3 is 15.4 Å². The van der Waals surface area contributed by atoms with Gasteiger partial charge in [-0.1, -0.05) is 19.4 Å². The Labute approximate surface area is 144 Å². The van der Waals surface area contributed by atoms with E-state index in [9.17, 15) is 4.79 Å². The van der Waals surface area contributed by atoms with E-state index in [2.05, 4.69) is 35.1 Å². The second-order valence-corrected chi connectivity index (χ2v) is 8.30. The Kier molecular flexibility index (Phi) is 6.48. The number of amides is 1. The van der Waals surface area contributed by atoms with E-state index in [1.165, 1.54) is 17.7 Å². The summed E-state index contributed by atoms with van der Waals surface area (Å²) < 4.78 is 5.33. The average molecular weight is 339 g/mol. The highest BCUT2D eigenvalue weighted by molar-refractivity contribution is 7.10. The normalized spacial score (nSPS) is 22.8. The van der Waals surface area contributed by atoms with Crippen LogP contribution in [0.3, 0.4) is 0 Å². The first-order valence-electron chi connectivity index (χ1n) is 8.65. The lowest BCUT2D eigenvalue weighted by atomic mass is 10.0. The molecule has 130 valence electrons. The number of carbonyl (C=O) groups is 1. The van der Waals surface area contributed by atoms with Crippen LogP contribution in [0.1, 0.15) is 64.3 Å². The molecule has 3 atom stereocenters. The van der Waals surface area contributed by atoms with Gasteiger partial charge in [-0.25, -0.2) is 4.79 Å². The summed E-state index contributed by atoms with van der Waals surface area (Å²) in [6.45, 7) is 8.58. The molecular formula is C18H30N2O2S. The highest BCUT2D eigenvalue weighted by atomic mass is 32.1. The molecule has 1 aromatic rings. The number of rotatable bonds is 6. The van der Waals surface area contributed by atoms with Crippen LogP contribution in [-0.4, -0.2) is 24.3 Å². The molecule has 1 amide bonds. The number of thiophene rings is 1. The molecule has 0 aromatic carbocycles. The molecule has 5 heteroatoms. The average Bonchev–Trinajstić information content (AvgIpc) is 3.12. The molecule has 0 bridgehead atoms. The predicted octanol–water partition coefficient (Wildman–Crippen LogP) is 4.48. The number of hydrogen-bond donors (Lipinski definition) is 2. The van der Waals surface area contributed by atoms with Gasteiger partial charge in [0.2, 0.25) is 0 Å². The van der Waals surface area contributed by atoms with Crippen LogP contribution in [0.2, 0.25) is 0 Å². The van der Waals surface area contributed by atoms with Crippen molar-refractivity contribution in [2.45, 2.75) is 71.1 Å². The van der Waals surface area contributed by atoms with Gasteiger partial charge in [-0.05, 0) is 57.4 Å². The summed E-state index contributed by atoms with van der Waals surface area (Å²) in [5.74, 6) is 0.483. The van der Waals surface area contributed by atoms with Gasteiger partial charge >= 0.3 is 6.09 Å². The lowest BCUT2D eigenvalue weighted by Gasteiger charge is -2.27. The second kappa shape index (κ2) is 8.15. The van der Waals surface area contributed by atoms with Crippen molar-refractivity contribution >= 4 is 17.4 Å². The largest absolute Gasteiger partial charge is 0.444 e. The highest BCUT2D eigenvalue weighted by Crippen LogP contribution is 2.30. The fraction of sp³-hybridized carbons (Fsp3) is 0.722. The number of carbonyl (C=O) groups excluding carboxylic acids is 1. The topological polar surface area (TPSA) is 50.4 Å². The summed E-state index contributed by atoms with van der Waals surface area (Å²) in [6, 6.07) is 5.20. The van der Waals surface area contributed by atoms with Crippen LogP contribution in [0.15, 0.2) is 17.5 Å². The Hall–Kier alpha value is -1.07. The van der Waals surface area contributed by atoms with E-state index in [4.69, 9.17) is 4.74 Å². The van der Waals surface area contributed by atoms with E-state index < -0.39 is 5.60 Å². The first-order valence-corrected chi connectivity index (χ1v) is 9.53. The van der Waals surface area contributed by atoms with Crippen molar-refractivity contribution < 1.29 is 9.53 Å². The van der Waals surface area contributed by atoms with E-state index >= 15 is 0 Å². The Morgan fingerprint density at radius 2 is 2.22 bits per heavy atom. The Balaban J connectivity index is 1.84. The molecule has 2 rings (SSSR count). The summed E-state index contributed by atoms with van der Waals surface area (Å²) in [5.41, 5.74) is -0.441. The minimum Gasteiger partial charge on any atom is -0.444 e. The predicted molar refractivity (Wildman–Crippen MR) is 95.9 cm³/mol. The molecular weight excluding hydrogens is 308 g/mol. The number of hydrogen-bond acceptors (Lipinski definition) is 4. The summed E-state index contributed by atoms with van der Waals surface area (Å²) in [5, 5.41) is 8.88. The maximum atomic E-state index is 11.8. The van der Waals surface area contributed by atoms with E-state index in [-0.39, 0.29) is 6.09 Å². The standard InChI is InChI=1S/C18H30N2O2S/c1-5-14(16-10-7-11-23-16)20-15-9-6-8-13(15)12-19-17(21)22-18(2,3)4/h7,10-11,13-15,20H,5-6,8-9,12H2,1-4H3,(H,19,21). The van der Waals surface area contributed by atoms with E-state index in [0.717, 1.165) is 12.8 Å². The molecule has 0 radical (unpaired) electrons. The van der Waals surface area contributed by atoms with Crippen LogP contribution in [0, 0.1) is 5.92 Å². The minimum absolute atomic E-state index is 0.312. The van der Waals surface area contributed by atoms with Crippen molar-refractivity contribution in [1.82, 2.24) is 10.6 Å². The van der Waals surface area contributed by atoms with Crippen molar-refractivity contribution in [1.29, 1.82) is 0 Å². The van der Waals surface area contributed by atoms with Gasteiger partial charge in [0.1, 0.15) is 5.60 Å². The van der Waals surface area contributed by atoms with Gasteiger partial charge in [0, 0.05) is 23.5 Å². The zero-order valence-electron chi connectivity index (χ0n) is 14.7. The van der Waals surface area contributed by atoms with Crippen molar-refractivity contribution in [3.8, 4) is 0 Å². The Morgan fingerprint density at radius 3 is 2.83 bits per heavy atom. The van der Waals surface area contributed by atoms with Crippen molar-refractivity contribution in [2.75, 3.05) is 6.54 Å². The third kappa shape index (κ3) is 5.81. The molecule has 2 N–H and O–H groups in total. The molecule has 1 aliphatic rings. The van der Waals surface area contributed by atoms with Crippen molar-refractivity contribution in [3.63, 3.8) is 0 Å². The van der Waals surface area contributed by atoms with Gasteiger partial charge in [0.25, 0.3) is 0 Å². The zero-order chi connectivity index (χ0) is 16.9. The van der Waals surface area contributed by atoms with Crippen LogP contribution in [0.25, 0.3) is 0 Å². The molecule has 1 aromatic heterocycles. The van der Waals surface area contributed by atoms with Crippen molar-refractivity contribution in [2.24, 2.45) is 5.92 Å². The molecule has 23 heavy (non-hydrogen) atoms. The molecule has 4 nitrogen and oxygen atoms in total. The molecule has 1 fully saturated rings. The molecule has 3 unspecified atom stereocenters. The maximum absolute atomic E-state index is 11.8. The summed E-state index contributed by atoms with van der Waals surface area (Å²) in [7, 11) is 0. The van der Waals surface area contributed by atoms with Gasteiger partial charge in [-0.2, -0.15) is 0 Å². The van der Waals surface area contributed by atoms with Crippen LogP contribution in [0.5, 0.6) is 0 Å². The number of nitrogens with one attached hydrogen (secondary N) is 2. The SMILES string of the molecule is CCC(NC1CCCC1CNC(=O)OC(C)(C)C)c1cccs1. The fourth-order valence-electron chi connectivity index (χ4n) is 3.18. The van der Waals surface area contributed by atoms with Crippen LogP contribution < -0.4 is 10.6 Å². The highest BCUT2D eigenvalue weighted by Gasteiger charge is 2.30. The van der Waals surface area contributed by atoms with Crippen LogP contribution in [0.4, 0.5) is 4.79 Å². The van der Waals surface area contributed by atoms with Gasteiger partial charge in [-0.3, -0.25) is 0 Å². The third-order valence-electron chi connectivity index (χ3n) is 4.28. The molecule has 0 saturated heterocycles. The van der Waals surface area contributed by atoms with E-state index in [0.29, 0.717) is 24.5 Å². The summed E-state index contributed by atoms with van der Waals surface area (Å²) in [4.78, 5) is 13.2. The maximum Gasteiger partial charge on any atom is 0.407 e. The molecule has 0 aliphatic heterocycles. The van der Waals surface area contributed by atoms with Crippen molar-refractivity contribution in [3.05, 3.63) is 22.4 Å². The quantitative estimate of drug-likeness (QED) is 0.804. The lowest BCUT2D eigenvalue weighted by Crippen LogP contribution is -2.42. The van der Waals surface area contributed by atoms with Gasteiger partial charge in [-0.15, -0.1) is 11.3 Å². The van der Waals surface area contributed by atoms with Crippen LogP contribution in [-0.2, 0) is 4.74 Å². The second-order valence-electron chi connectivity index (χ2n) is 7.32. The summed E-state index contributed by atoms with van der Waals surface area (Å²) >= 11 is 1.81. The van der Waals surface area contributed by atoms with Gasteiger partial charge in [0.05, 0.1) is 0 Å². The van der Waals surface area contributed by atoms with Crippen LogP contribution >= 0.6 is 11.3 Å². The smallest absolute Gasteiger partial charge is 0.407 e. The summed E-state index contributed by atoms with van der Waals surface area (Å²) in [6.07, 6.45) is 4.34. The Morgan fingerprint density at radius 1 is 1.43 bits per heavy atom. The fourth-order valence-corrected chi connectivity index (χ4v) is 4.05.